The van der Waals surface area contributed by atoms with E-state index < -0.39 is 0 Å². The number of hydrogen-bond acceptors (Lipinski definition) is 2. The predicted molar refractivity (Wildman–Crippen MR) is 53.0 cm³/mol. The van der Waals surface area contributed by atoms with Crippen LogP contribution in [0.3, 0.4) is 0 Å². The van der Waals surface area contributed by atoms with Gasteiger partial charge in [0.05, 0.1) is 5.56 Å². The van der Waals surface area contributed by atoms with Crippen molar-refractivity contribution in [2.45, 2.75) is 25.7 Å². The van der Waals surface area contributed by atoms with E-state index in [0.29, 0.717) is 10.2 Å². The van der Waals surface area contributed by atoms with Crippen LogP contribution >= 0.6 is 12.2 Å². The molecular weight excluding hydrogens is 180 g/mol. The maximum Gasteiger partial charge on any atom is 0.121 e. The first-order valence-corrected chi connectivity index (χ1v) is 4.87. The highest BCUT2D eigenvalue weighted by atomic mass is 32.1. The number of rotatable bonds is 0. The van der Waals surface area contributed by atoms with Crippen molar-refractivity contribution in [3.8, 4) is 6.07 Å². The molecule has 1 aliphatic carbocycles. The number of nitrogens with zero attached hydrogens (tertiary/aromatic N) is 1. The maximum atomic E-state index is 8.94. The van der Waals surface area contributed by atoms with Gasteiger partial charge in [-0.2, -0.15) is 5.26 Å². The summed E-state index contributed by atoms with van der Waals surface area (Å²) in [7, 11) is 0. The Hall–Kier alpha value is -1.14. The quantitative estimate of drug-likeness (QED) is 0.638. The Morgan fingerprint density at radius 2 is 2.15 bits per heavy atom. The summed E-state index contributed by atoms with van der Waals surface area (Å²) in [5.74, 6) is 0. The van der Waals surface area contributed by atoms with Gasteiger partial charge in [-0.15, -0.1) is 0 Å². The lowest BCUT2D eigenvalue weighted by molar-refractivity contribution is 0.680. The van der Waals surface area contributed by atoms with Crippen LogP contribution in [0.5, 0.6) is 0 Å². The van der Waals surface area contributed by atoms with Crippen LogP contribution in [0.1, 0.15) is 29.5 Å². The van der Waals surface area contributed by atoms with Gasteiger partial charge in [0, 0.05) is 6.20 Å². The molecule has 0 fully saturated rings. The fourth-order valence-electron chi connectivity index (χ4n) is 1.85. The lowest BCUT2D eigenvalue weighted by atomic mass is 9.91. The first-order valence-electron chi connectivity index (χ1n) is 4.46. The minimum Gasteiger partial charge on any atom is -0.352 e. The van der Waals surface area contributed by atoms with E-state index in [1.807, 2.05) is 6.20 Å². The molecule has 0 amide bonds. The summed E-state index contributed by atoms with van der Waals surface area (Å²) < 4.78 is 0.586. The van der Waals surface area contributed by atoms with E-state index in [9.17, 15) is 0 Å². The number of nitrogens with one attached hydrogen (secondary N) is 1. The highest BCUT2D eigenvalue weighted by Crippen LogP contribution is 2.23. The van der Waals surface area contributed by atoms with E-state index in [1.54, 1.807) is 0 Å². The zero-order valence-electron chi connectivity index (χ0n) is 7.26. The summed E-state index contributed by atoms with van der Waals surface area (Å²) in [6.45, 7) is 0. The van der Waals surface area contributed by atoms with E-state index in [4.69, 9.17) is 17.5 Å². The van der Waals surface area contributed by atoms with Crippen LogP contribution in [0.15, 0.2) is 6.20 Å². The third-order valence-corrected chi connectivity index (χ3v) is 2.85. The third kappa shape index (κ3) is 1.38. The van der Waals surface area contributed by atoms with Crippen LogP contribution in [0.25, 0.3) is 0 Å². The van der Waals surface area contributed by atoms with Gasteiger partial charge in [0.2, 0.25) is 0 Å². The molecule has 2 nitrogen and oxygen atoms in total. The number of nitriles is 1. The second-order valence-electron chi connectivity index (χ2n) is 3.32. The number of aromatic amines is 1. The largest absolute Gasteiger partial charge is 0.352 e. The summed E-state index contributed by atoms with van der Waals surface area (Å²) in [6.07, 6.45) is 6.45. The van der Waals surface area contributed by atoms with Crippen molar-refractivity contribution in [2.24, 2.45) is 0 Å². The van der Waals surface area contributed by atoms with Crippen molar-refractivity contribution in [3.63, 3.8) is 0 Å². The highest BCUT2D eigenvalue weighted by Gasteiger charge is 2.13. The number of aromatic nitrogens is 1. The fraction of sp³-hybridized carbons (Fsp3) is 0.400. The Morgan fingerprint density at radius 3 is 2.92 bits per heavy atom. The number of pyridine rings is 1. The van der Waals surface area contributed by atoms with E-state index in [0.717, 1.165) is 12.8 Å². The molecule has 66 valence electrons. The van der Waals surface area contributed by atoms with Gasteiger partial charge in [-0.3, -0.25) is 0 Å². The molecule has 0 aromatic carbocycles. The van der Waals surface area contributed by atoms with Gasteiger partial charge in [-0.25, -0.2) is 0 Å². The molecule has 1 aliphatic rings. The number of fused-ring (bicyclic) bond motifs is 1. The molecule has 1 aromatic rings. The molecule has 0 saturated carbocycles. The van der Waals surface area contributed by atoms with Gasteiger partial charge in [0.15, 0.2) is 0 Å². The highest BCUT2D eigenvalue weighted by molar-refractivity contribution is 7.71. The topological polar surface area (TPSA) is 39.6 Å². The smallest absolute Gasteiger partial charge is 0.121 e. The van der Waals surface area contributed by atoms with Crippen LogP contribution in [0.4, 0.5) is 0 Å². The van der Waals surface area contributed by atoms with Gasteiger partial charge in [-0.05, 0) is 36.8 Å². The van der Waals surface area contributed by atoms with Crippen LogP contribution in [0, 0.1) is 16.0 Å². The number of aryl methyl sites for hydroxylation is 1. The van der Waals surface area contributed by atoms with E-state index in [2.05, 4.69) is 11.1 Å². The predicted octanol–water partition coefficient (Wildman–Crippen LogP) is 2.49. The summed E-state index contributed by atoms with van der Waals surface area (Å²) in [5, 5.41) is 8.94. The lowest BCUT2D eigenvalue weighted by Crippen LogP contribution is -2.06. The average Bonchev–Trinajstić information content (AvgIpc) is 2.18. The van der Waals surface area contributed by atoms with Crippen LogP contribution < -0.4 is 0 Å². The van der Waals surface area contributed by atoms with Crippen LogP contribution in [-0.4, -0.2) is 4.98 Å². The standard InChI is InChI=1S/C10H10N2S/c11-5-9-8-4-2-1-3-7(8)6-12-10(9)13/h6H,1-4H2,(H,12,13). The molecule has 0 aliphatic heterocycles. The number of hydrogen-bond donors (Lipinski definition) is 1. The van der Waals surface area contributed by atoms with Gasteiger partial charge in [-0.1, -0.05) is 12.2 Å². The van der Waals surface area contributed by atoms with Crippen molar-refractivity contribution in [3.05, 3.63) is 27.5 Å². The molecule has 1 heterocycles. The number of H-pyrrole nitrogens is 1. The Morgan fingerprint density at radius 1 is 1.38 bits per heavy atom. The molecule has 0 unspecified atom stereocenters. The molecular formula is C10H10N2S. The second-order valence-corrected chi connectivity index (χ2v) is 3.72. The van der Waals surface area contributed by atoms with Gasteiger partial charge < -0.3 is 4.98 Å². The Balaban J connectivity index is 2.67. The average molecular weight is 190 g/mol. The molecule has 0 spiro atoms. The Kier molecular flexibility index (Phi) is 2.15. The van der Waals surface area contributed by atoms with E-state index in [1.165, 1.54) is 24.0 Å². The molecule has 13 heavy (non-hydrogen) atoms. The maximum absolute atomic E-state index is 8.94. The molecule has 1 N–H and O–H groups in total. The van der Waals surface area contributed by atoms with Crippen molar-refractivity contribution in [1.29, 1.82) is 5.26 Å². The first kappa shape index (κ1) is 8.46. The first-order chi connectivity index (χ1) is 6.33. The monoisotopic (exact) mass is 190 g/mol. The SMILES string of the molecule is N#Cc1c2c(c[nH]c1=S)CCCC2. The van der Waals surface area contributed by atoms with Gasteiger partial charge in [0.1, 0.15) is 10.7 Å². The molecule has 0 saturated heterocycles. The van der Waals surface area contributed by atoms with Gasteiger partial charge in [0.25, 0.3) is 0 Å². The molecule has 0 atom stereocenters. The van der Waals surface area contributed by atoms with Crippen molar-refractivity contribution < 1.29 is 0 Å². The summed E-state index contributed by atoms with van der Waals surface area (Å²) in [5.41, 5.74) is 3.14. The van der Waals surface area contributed by atoms with E-state index in [-0.39, 0.29) is 0 Å². The minimum absolute atomic E-state index is 0.586. The zero-order chi connectivity index (χ0) is 9.26. The molecule has 0 bridgehead atoms. The normalized spacial score (nSPS) is 14.7. The second kappa shape index (κ2) is 3.31. The minimum atomic E-state index is 0.586. The van der Waals surface area contributed by atoms with Gasteiger partial charge >= 0.3 is 0 Å². The fourth-order valence-corrected chi connectivity index (χ4v) is 2.08. The summed E-state index contributed by atoms with van der Waals surface area (Å²) >= 11 is 5.06. The van der Waals surface area contributed by atoms with Crippen molar-refractivity contribution in [1.82, 2.24) is 4.98 Å². The molecule has 2 rings (SSSR count). The lowest BCUT2D eigenvalue weighted by Gasteiger charge is -2.15. The van der Waals surface area contributed by atoms with Crippen molar-refractivity contribution in [2.75, 3.05) is 0 Å². The third-order valence-electron chi connectivity index (χ3n) is 2.53. The molecule has 0 radical (unpaired) electrons. The van der Waals surface area contributed by atoms with Crippen LogP contribution in [0.2, 0.25) is 0 Å². The zero-order valence-corrected chi connectivity index (χ0v) is 8.08. The van der Waals surface area contributed by atoms with Crippen molar-refractivity contribution >= 4 is 12.2 Å². The van der Waals surface area contributed by atoms with E-state index >= 15 is 0 Å². The Bertz CT molecular complexity index is 426. The molecule has 3 heteroatoms. The van der Waals surface area contributed by atoms with Crippen LogP contribution in [-0.2, 0) is 12.8 Å². The Labute approximate surface area is 82.2 Å². The summed E-state index contributed by atoms with van der Waals surface area (Å²) in [6, 6.07) is 2.19. The summed E-state index contributed by atoms with van der Waals surface area (Å²) in [4.78, 5) is 2.97. The molecule has 1 aromatic heterocycles.